The summed E-state index contributed by atoms with van der Waals surface area (Å²) < 4.78 is 27.9. The Balaban J connectivity index is 2.04. The molecular formula is C15H19BrN2O3S. The zero-order valence-corrected chi connectivity index (χ0v) is 14.9. The number of piperidine rings is 1. The SMILES string of the molecule is CC(=O)N1CCc2cc(Br)c(S(=O)(=O)N3CCCCC3)cc21. The minimum absolute atomic E-state index is 0.0533. The smallest absolute Gasteiger partial charge is 0.244 e. The van der Waals surface area contributed by atoms with Crippen molar-refractivity contribution in [3.63, 3.8) is 0 Å². The lowest BCUT2D eigenvalue weighted by atomic mass is 10.2. The van der Waals surface area contributed by atoms with Crippen LogP contribution >= 0.6 is 15.9 Å². The summed E-state index contributed by atoms with van der Waals surface area (Å²) in [5, 5.41) is 0. The average Bonchev–Trinajstić information content (AvgIpc) is 2.90. The highest BCUT2D eigenvalue weighted by molar-refractivity contribution is 9.10. The highest BCUT2D eigenvalue weighted by Crippen LogP contribution is 2.37. The molecular weight excluding hydrogens is 368 g/mol. The molecule has 2 aliphatic heterocycles. The predicted octanol–water partition coefficient (Wildman–Crippen LogP) is 2.53. The molecule has 0 spiro atoms. The van der Waals surface area contributed by atoms with Gasteiger partial charge in [0.25, 0.3) is 0 Å². The van der Waals surface area contributed by atoms with Crippen LogP contribution in [0.15, 0.2) is 21.5 Å². The van der Waals surface area contributed by atoms with E-state index in [0.717, 1.165) is 36.9 Å². The van der Waals surface area contributed by atoms with Gasteiger partial charge in [-0.05, 0) is 52.9 Å². The van der Waals surface area contributed by atoms with Crippen molar-refractivity contribution in [2.75, 3.05) is 24.5 Å². The summed E-state index contributed by atoms with van der Waals surface area (Å²) in [6, 6.07) is 3.49. The van der Waals surface area contributed by atoms with Crippen LogP contribution in [0.3, 0.4) is 0 Å². The van der Waals surface area contributed by atoms with E-state index in [-0.39, 0.29) is 10.8 Å². The van der Waals surface area contributed by atoms with Gasteiger partial charge >= 0.3 is 0 Å². The van der Waals surface area contributed by atoms with Gasteiger partial charge in [0.2, 0.25) is 15.9 Å². The summed E-state index contributed by atoms with van der Waals surface area (Å²) in [6.07, 6.45) is 3.65. The summed E-state index contributed by atoms with van der Waals surface area (Å²) in [7, 11) is -3.51. The predicted molar refractivity (Wildman–Crippen MR) is 88.5 cm³/mol. The minimum Gasteiger partial charge on any atom is -0.312 e. The van der Waals surface area contributed by atoms with Crippen molar-refractivity contribution in [3.8, 4) is 0 Å². The van der Waals surface area contributed by atoms with Gasteiger partial charge in [-0.1, -0.05) is 6.42 Å². The number of anilines is 1. The van der Waals surface area contributed by atoms with Gasteiger partial charge in [0.15, 0.2) is 0 Å². The van der Waals surface area contributed by atoms with E-state index in [4.69, 9.17) is 0 Å². The number of benzene rings is 1. The lowest BCUT2D eigenvalue weighted by Crippen LogP contribution is -2.36. The second kappa shape index (κ2) is 5.94. The summed E-state index contributed by atoms with van der Waals surface area (Å²) in [5.41, 5.74) is 1.74. The van der Waals surface area contributed by atoms with E-state index in [9.17, 15) is 13.2 Å². The Morgan fingerprint density at radius 1 is 1.14 bits per heavy atom. The van der Waals surface area contributed by atoms with E-state index in [1.54, 1.807) is 15.3 Å². The van der Waals surface area contributed by atoms with Crippen LogP contribution in [0.2, 0.25) is 0 Å². The molecule has 0 atom stereocenters. The molecule has 2 heterocycles. The zero-order chi connectivity index (χ0) is 15.9. The number of carbonyl (C=O) groups excluding carboxylic acids is 1. The quantitative estimate of drug-likeness (QED) is 0.784. The topological polar surface area (TPSA) is 57.7 Å². The summed E-state index contributed by atoms with van der Waals surface area (Å²) >= 11 is 3.40. The Morgan fingerprint density at radius 2 is 1.82 bits per heavy atom. The molecule has 1 fully saturated rings. The van der Waals surface area contributed by atoms with Crippen molar-refractivity contribution in [3.05, 3.63) is 22.2 Å². The van der Waals surface area contributed by atoms with Crippen LogP contribution in [0.5, 0.6) is 0 Å². The number of hydrogen-bond donors (Lipinski definition) is 0. The van der Waals surface area contributed by atoms with Crippen LogP contribution < -0.4 is 4.90 Å². The van der Waals surface area contributed by atoms with E-state index < -0.39 is 10.0 Å². The largest absolute Gasteiger partial charge is 0.312 e. The van der Waals surface area contributed by atoms with Crippen molar-refractivity contribution < 1.29 is 13.2 Å². The molecule has 7 heteroatoms. The van der Waals surface area contributed by atoms with Gasteiger partial charge in [0, 0.05) is 36.7 Å². The van der Waals surface area contributed by atoms with Gasteiger partial charge in [-0.15, -0.1) is 0 Å². The Morgan fingerprint density at radius 3 is 2.45 bits per heavy atom. The molecule has 1 saturated heterocycles. The normalized spacial score (nSPS) is 19.3. The van der Waals surface area contributed by atoms with Gasteiger partial charge in [0.1, 0.15) is 0 Å². The average molecular weight is 387 g/mol. The molecule has 0 bridgehead atoms. The van der Waals surface area contributed by atoms with Crippen LogP contribution in [0.4, 0.5) is 5.69 Å². The lowest BCUT2D eigenvalue weighted by molar-refractivity contribution is -0.116. The first-order chi connectivity index (χ1) is 10.4. The van der Waals surface area contributed by atoms with Crippen LogP contribution in [0.25, 0.3) is 0 Å². The summed E-state index contributed by atoms with van der Waals surface area (Å²) in [4.78, 5) is 13.6. The Hall–Kier alpha value is -0.920. The summed E-state index contributed by atoms with van der Waals surface area (Å²) in [5.74, 6) is -0.0533. The molecule has 120 valence electrons. The zero-order valence-electron chi connectivity index (χ0n) is 12.5. The number of carbonyl (C=O) groups is 1. The maximum absolute atomic E-state index is 12.9. The monoisotopic (exact) mass is 386 g/mol. The first-order valence-electron chi connectivity index (χ1n) is 7.52. The van der Waals surface area contributed by atoms with Gasteiger partial charge in [0.05, 0.1) is 4.90 Å². The molecule has 2 aliphatic rings. The highest BCUT2D eigenvalue weighted by atomic mass is 79.9. The van der Waals surface area contributed by atoms with Crippen LogP contribution in [-0.4, -0.2) is 38.3 Å². The number of fused-ring (bicyclic) bond motifs is 1. The molecule has 1 aromatic carbocycles. The minimum atomic E-state index is -3.51. The fourth-order valence-corrected chi connectivity index (χ4v) is 5.74. The molecule has 0 aromatic heterocycles. The fourth-order valence-electron chi connectivity index (χ4n) is 3.16. The summed E-state index contributed by atoms with van der Waals surface area (Å²) in [6.45, 7) is 3.27. The van der Waals surface area contributed by atoms with Gasteiger partial charge in [-0.2, -0.15) is 4.31 Å². The number of halogens is 1. The number of sulfonamides is 1. The molecule has 1 amide bonds. The molecule has 5 nitrogen and oxygen atoms in total. The van der Waals surface area contributed by atoms with Crippen molar-refractivity contribution in [1.29, 1.82) is 0 Å². The molecule has 3 rings (SSSR count). The Labute approximate surface area is 139 Å². The molecule has 0 unspecified atom stereocenters. The third kappa shape index (κ3) is 2.70. The Kier molecular flexibility index (Phi) is 4.31. The van der Waals surface area contributed by atoms with Crippen molar-refractivity contribution in [2.45, 2.75) is 37.5 Å². The number of rotatable bonds is 2. The van der Waals surface area contributed by atoms with E-state index in [1.165, 1.54) is 6.92 Å². The first kappa shape index (κ1) is 16.0. The van der Waals surface area contributed by atoms with Crippen molar-refractivity contribution in [1.82, 2.24) is 4.31 Å². The third-order valence-electron chi connectivity index (χ3n) is 4.34. The highest BCUT2D eigenvalue weighted by Gasteiger charge is 2.31. The van der Waals surface area contributed by atoms with E-state index >= 15 is 0 Å². The lowest BCUT2D eigenvalue weighted by Gasteiger charge is -2.27. The van der Waals surface area contributed by atoms with Crippen molar-refractivity contribution in [2.24, 2.45) is 0 Å². The number of amides is 1. The number of nitrogens with zero attached hydrogens (tertiary/aromatic N) is 2. The van der Waals surface area contributed by atoms with E-state index in [0.29, 0.717) is 24.1 Å². The van der Waals surface area contributed by atoms with E-state index in [1.807, 2.05) is 6.07 Å². The molecule has 1 aromatic rings. The maximum atomic E-state index is 12.9. The Bertz CT molecular complexity index is 712. The molecule has 0 saturated carbocycles. The maximum Gasteiger partial charge on any atom is 0.244 e. The standard InChI is InChI=1S/C15H19BrN2O3S/c1-11(19)18-8-5-12-9-13(16)15(10-14(12)18)22(20,21)17-6-3-2-4-7-17/h9-10H,2-8H2,1H3. The van der Waals surface area contributed by atoms with E-state index in [2.05, 4.69) is 15.9 Å². The van der Waals surface area contributed by atoms with Crippen LogP contribution in [-0.2, 0) is 21.2 Å². The van der Waals surface area contributed by atoms with Gasteiger partial charge in [-0.3, -0.25) is 4.79 Å². The molecule has 0 radical (unpaired) electrons. The van der Waals surface area contributed by atoms with Crippen LogP contribution in [0.1, 0.15) is 31.7 Å². The van der Waals surface area contributed by atoms with Gasteiger partial charge < -0.3 is 4.90 Å². The third-order valence-corrected chi connectivity index (χ3v) is 7.20. The first-order valence-corrected chi connectivity index (χ1v) is 9.75. The number of hydrogen-bond acceptors (Lipinski definition) is 3. The molecule has 0 N–H and O–H groups in total. The van der Waals surface area contributed by atoms with Gasteiger partial charge in [-0.25, -0.2) is 8.42 Å². The second-order valence-electron chi connectivity index (χ2n) is 5.80. The van der Waals surface area contributed by atoms with Crippen LogP contribution in [0, 0.1) is 0 Å². The van der Waals surface area contributed by atoms with Crippen molar-refractivity contribution >= 4 is 37.5 Å². The fraction of sp³-hybridized carbons (Fsp3) is 0.533. The molecule has 0 aliphatic carbocycles. The molecule has 22 heavy (non-hydrogen) atoms. The second-order valence-corrected chi connectivity index (χ2v) is 8.56.